The third-order valence-electron chi connectivity index (χ3n) is 3.62. The van der Waals surface area contributed by atoms with Crippen LogP contribution < -0.4 is 5.32 Å². The van der Waals surface area contributed by atoms with Gasteiger partial charge < -0.3 is 5.32 Å². The number of nitrogens with zero attached hydrogens (tertiary/aromatic N) is 1. The molecule has 1 aromatic rings. The van der Waals surface area contributed by atoms with Gasteiger partial charge in [0, 0.05) is 16.8 Å². The summed E-state index contributed by atoms with van der Waals surface area (Å²) < 4.78 is 0. The molecule has 0 bridgehead atoms. The van der Waals surface area contributed by atoms with Crippen LogP contribution in [0.3, 0.4) is 0 Å². The molecule has 0 aliphatic heterocycles. The Balaban J connectivity index is 2.20. The highest BCUT2D eigenvalue weighted by Crippen LogP contribution is 2.33. The van der Waals surface area contributed by atoms with Crippen molar-refractivity contribution >= 4 is 5.82 Å². The number of aromatic nitrogens is 2. The van der Waals surface area contributed by atoms with Gasteiger partial charge in [0.25, 0.3) is 0 Å². The summed E-state index contributed by atoms with van der Waals surface area (Å²) in [6, 6.07) is 0. The quantitative estimate of drug-likeness (QED) is 0.825. The minimum Gasteiger partial charge on any atom is -0.364 e. The van der Waals surface area contributed by atoms with Crippen molar-refractivity contribution in [2.45, 2.75) is 59.4 Å². The number of anilines is 1. The van der Waals surface area contributed by atoms with E-state index in [0.29, 0.717) is 0 Å². The maximum atomic E-state index is 4.44. The van der Waals surface area contributed by atoms with Crippen LogP contribution in [0.4, 0.5) is 5.82 Å². The highest BCUT2D eigenvalue weighted by atomic mass is 15.2. The number of hydrogen-bond donors (Lipinski definition) is 2. The van der Waals surface area contributed by atoms with Crippen LogP contribution in [0.1, 0.15) is 52.3 Å². The lowest BCUT2D eigenvalue weighted by molar-refractivity contribution is 0.342. The first-order chi connectivity index (χ1) is 7.87. The van der Waals surface area contributed by atoms with Crippen molar-refractivity contribution in [1.29, 1.82) is 0 Å². The molecule has 1 aromatic heterocycles. The van der Waals surface area contributed by atoms with Crippen molar-refractivity contribution in [2.24, 2.45) is 11.8 Å². The fourth-order valence-corrected chi connectivity index (χ4v) is 2.55. The van der Waals surface area contributed by atoms with Crippen molar-refractivity contribution in [3.05, 3.63) is 11.3 Å². The van der Waals surface area contributed by atoms with Crippen LogP contribution in [-0.4, -0.2) is 15.7 Å². The maximum absolute atomic E-state index is 4.44. The molecule has 1 atom stereocenters. The molecular formula is C14H25N3. The first-order valence-electron chi connectivity index (χ1n) is 6.71. The number of hydrogen-bond acceptors (Lipinski definition) is 2. The van der Waals surface area contributed by atoms with E-state index >= 15 is 0 Å². The Kier molecular flexibility index (Phi) is 3.19. The molecule has 2 rings (SSSR count). The lowest BCUT2D eigenvalue weighted by Crippen LogP contribution is -2.28. The summed E-state index contributed by atoms with van der Waals surface area (Å²) in [5.74, 6) is 2.64. The second-order valence-electron chi connectivity index (χ2n) is 6.65. The third-order valence-corrected chi connectivity index (χ3v) is 3.62. The summed E-state index contributed by atoms with van der Waals surface area (Å²) in [5, 5.41) is 11.1. The topological polar surface area (TPSA) is 40.7 Å². The molecule has 17 heavy (non-hydrogen) atoms. The van der Waals surface area contributed by atoms with Crippen LogP contribution in [0, 0.1) is 11.8 Å². The van der Waals surface area contributed by atoms with Gasteiger partial charge in [0.05, 0.1) is 0 Å². The number of fused-ring (bicyclic) bond motifs is 1. The Bertz CT molecular complexity index is 385. The molecule has 1 aliphatic carbocycles. The molecular weight excluding hydrogens is 210 g/mol. The average molecular weight is 235 g/mol. The van der Waals surface area contributed by atoms with Crippen LogP contribution >= 0.6 is 0 Å². The predicted molar refractivity (Wildman–Crippen MR) is 72.3 cm³/mol. The number of aryl methyl sites for hydroxylation is 1. The zero-order valence-corrected chi connectivity index (χ0v) is 11.7. The van der Waals surface area contributed by atoms with Crippen LogP contribution in [-0.2, 0) is 12.8 Å². The predicted octanol–water partition coefficient (Wildman–Crippen LogP) is 3.38. The summed E-state index contributed by atoms with van der Waals surface area (Å²) in [6.07, 6.45) is 3.61. The molecule has 96 valence electrons. The molecule has 3 nitrogen and oxygen atoms in total. The highest BCUT2D eigenvalue weighted by molar-refractivity contribution is 5.49. The third kappa shape index (κ3) is 2.82. The molecule has 1 aliphatic rings. The number of rotatable bonds is 2. The number of H-pyrrole nitrogens is 1. The van der Waals surface area contributed by atoms with Crippen molar-refractivity contribution in [1.82, 2.24) is 10.2 Å². The van der Waals surface area contributed by atoms with Crippen molar-refractivity contribution in [3.8, 4) is 0 Å². The molecule has 0 radical (unpaired) electrons. The molecule has 0 saturated heterocycles. The molecule has 0 spiro atoms. The van der Waals surface area contributed by atoms with E-state index in [-0.39, 0.29) is 5.54 Å². The minimum absolute atomic E-state index is 0.0771. The SMILES string of the molecule is CC(C)C1CCc2[nH]nc(NC(C)(C)C)c2C1. The molecule has 0 amide bonds. The second-order valence-corrected chi connectivity index (χ2v) is 6.65. The summed E-state index contributed by atoms with van der Waals surface area (Å²) >= 11 is 0. The average Bonchev–Trinajstić information content (AvgIpc) is 2.58. The van der Waals surface area contributed by atoms with Gasteiger partial charge >= 0.3 is 0 Å². The Morgan fingerprint density at radius 1 is 1.35 bits per heavy atom. The first kappa shape index (κ1) is 12.5. The van der Waals surface area contributed by atoms with Gasteiger partial charge in [-0.1, -0.05) is 13.8 Å². The number of nitrogens with one attached hydrogen (secondary N) is 2. The largest absolute Gasteiger partial charge is 0.364 e. The van der Waals surface area contributed by atoms with Crippen molar-refractivity contribution in [2.75, 3.05) is 5.32 Å². The Hall–Kier alpha value is -0.990. The van der Waals surface area contributed by atoms with Gasteiger partial charge in [-0.3, -0.25) is 5.10 Å². The Morgan fingerprint density at radius 2 is 2.06 bits per heavy atom. The molecule has 1 heterocycles. The van der Waals surface area contributed by atoms with Gasteiger partial charge in [-0.05, 0) is 51.9 Å². The van der Waals surface area contributed by atoms with E-state index in [0.717, 1.165) is 24.1 Å². The summed E-state index contributed by atoms with van der Waals surface area (Å²) in [6.45, 7) is 11.2. The van der Waals surface area contributed by atoms with Crippen molar-refractivity contribution in [3.63, 3.8) is 0 Å². The van der Waals surface area contributed by atoms with Gasteiger partial charge in [-0.15, -0.1) is 0 Å². The van der Waals surface area contributed by atoms with Gasteiger partial charge in [-0.25, -0.2) is 0 Å². The second kappa shape index (κ2) is 4.35. The zero-order valence-electron chi connectivity index (χ0n) is 11.7. The summed E-state index contributed by atoms with van der Waals surface area (Å²) in [7, 11) is 0. The van der Waals surface area contributed by atoms with Gasteiger partial charge in [0.15, 0.2) is 5.82 Å². The van der Waals surface area contributed by atoms with E-state index in [2.05, 4.69) is 50.1 Å². The number of aromatic amines is 1. The zero-order chi connectivity index (χ0) is 12.6. The van der Waals surface area contributed by atoms with E-state index in [1.54, 1.807) is 0 Å². The molecule has 0 fully saturated rings. The summed E-state index contributed by atoms with van der Waals surface area (Å²) in [5.41, 5.74) is 2.84. The molecule has 2 N–H and O–H groups in total. The Labute approximate surface area is 104 Å². The van der Waals surface area contributed by atoms with Gasteiger partial charge in [0.2, 0.25) is 0 Å². The fourth-order valence-electron chi connectivity index (χ4n) is 2.55. The van der Waals surface area contributed by atoms with Crippen molar-refractivity contribution < 1.29 is 0 Å². The van der Waals surface area contributed by atoms with Crippen LogP contribution in [0.5, 0.6) is 0 Å². The first-order valence-corrected chi connectivity index (χ1v) is 6.71. The summed E-state index contributed by atoms with van der Waals surface area (Å²) in [4.78, 5) is 0. The minimum atomic E-state index is 0.0771. The lowest BCUT2D eigenvalue weighted by atomic mass is 9.80. The van der Waals surface area contributed by atoms with E-state index in [4.69, 9.17) is 0 Å². The maximum Gasteiger partial charge on any atom is 0.151 e. The molecule has 3 heteroatoms. The molecule has 0 aromatic carbocycles. The fraction of sp³-hybridized carbons (Fsp3) is 0.786. The smallest absolute Gasteiger partial charge is 0.151 e. The highest BCUT2D eigenvalue weighted by Gasteiger charge is 2.26. The molecule has 1 unspecified atom stereocenters. The van der Waals surface area contributed by atoms with Crippen LogP contribution in [0.2, 0.25) is 0 Å². The standard InChI is InChI=1S/C14H25N3/c1-9(2)10-6-7-12-11(8-10)13(17-16-12)15-14(3,4)5/h9-10H,6-8H2,1-5H3,(H2,15,16,17). The van der Waals surface area contributed by atoms with Gasteiger partial charge in [0.1, 0.15) is 0 Å². The normalized spacial score (nSPS) is 20.5. The molecule has 0 saturated carbocycles. The van der Waals surface area contributed by atoms with Crippen LogP contribution in [0.15, 0.2) is 0 Å². The van der Waals surface area contributed by atoms with Gasteiger partial charge in [-0.2, -0.15) is 5.10 Å². The van der Waals surface area contributed by atoms with E-state index in [1.165, 1.54) is 24.1 Å². The van der Waals surface area contributed by atoms with E-state index in [1.807, 2.05) is 0 Å². The van der Waals surface area contributed by atoms with E-state index < -0.39 is 0 Å². The Morgan fingerprint density at radius 3 is 2.65 bits per heavy atom. The van der Waals surface area contributed by atoms with Crippen LogP contribution in [0.25, 0.3) is 0 Å². The monoisotopic (exact) mass is 235 g/mol. The lowest BCUT2D eigenvalue weighted by Gasteiger charge is -2.27. The van der Waals surface area contributed by atoms with E-state index in [9.17, 15) is 0 Å².